The molecule has 0 spiro atoms. The minimum atomic E-state index is -0.132. The normalized spacial score (nSPS) is 11.0. The van der Waals surface area contributed by atoms with Gasteiger partial charge in [0, 0.05) is 32.2 Å². The molecule has 8 nitrogen and oxygen atoms in total. The van der Waals surface area contributed by atoms with Crippen LogP contribution in [-0.4, -0.2) is 47.2 Å². The molecule has 3 aromatic heterocycles. The molecule has 0 saturated carbocycles. The van der Waals surface area contributed by atoms with E-state index in [-0.39, 0.29) is 5.91 Å². The number of hydrogen-bond donors (Lipinski definition) is 0. The van der Waals surface area contributed by atoms with Crippen LogP contribution in [-0.2, 0) is 20.3 Å². The molecule has 0 saturated heterocycles. The Morgan fingerprint density at radius 3 is 2.58 bits per heavy atom. The summed E-state index contributed by atoms with van der Waals surface area (Å²) in [5.74, 6) is -0.132. The molecule has 0 bridgehead atoms. The van der Waals surface area contributed by atoms with Gasteiger partial charge in [-0.15, -0.1) is 0 Å². The van der Waals surface area contributed by atoms with Crippen LogP contribution in [0, 0.1) is 13.8 Å². The van der Waals surface area contributed by atoms with Crippen LogP contribution >= 0.6 is 0 Å². The maximum absolute atomic E-state index is 12.5. The maximum Gasteiger partial charge on any atom is 0.274 e. The van der Waals surface area contributed by atoms with Crippen molar-refractivity contribution in [2.75, 3.05) is 7.05 Å². The summed E-state index contributed by atoms with van der Waals surface area (Å²) < 4.78 is 5.28. The molecule has 24 heavy (non-hydrogen) atoms. The number of aryl methyl sites for hydroxylation is 3. The summed E-state index contributed by atoms with van der Waals surface area (Å²) in [6, 6.07) is 5.63. The second-order valence-corrected chi connectivity index (χ2v) is 5.95. The lowest BCUT2D eigenvalue weighted by atomic mass is 10.3. The van der Waals surface area contributed by atoms with Crippen LogP contribution in [0.15, 0.2) is 30.6 Å². The molecule has 0 fully saturated rings. The average Bonchev–Trinajstić information content (AvgIpc) is 3.21. The Morgan fingerprint density at radius 2 is 1.96 bits per heavy atom. The van der Waals surface area contributed by atoms with Crippen molar-refractivity contribution < 1.29 is 4.79 Å². The van der Waals surface area contributed by atoms with Crippen molar-refractivity contribution in [3.05, 3.63) is 53.4 Å². The van der Waals surface area contributed by atoms with Crippen molar-refractivity contribution in [2.24, 2.45) is 7.05 Å². The molecule has 3 rings (SSSR count). The Kier molecular flexibility index (Phi) is 4.20. The molecule has 0 radical (unpaired) electrons. The van der Waals surface area contributed by atoms with E-state index in [1.165, 1.54) is 0 Å². The van der Waals surface area contributed by atoms with Gasteiger partial charge in [-0.2, -0.15) is 15.3 Å². The molecule has 1 amide bonds. The number of amides is 1. The van der Waals surface area contributed by atoms with E-state index in [0.29, 0.717) is 18.9 Å². The summed E-state index contributed by atoms with van der Waals surface area (Å²) in [5, 5.41) is 13.1. The monoisotopic (exact) mass is 327 g/mol. The van der Waals surface area contributed by atoms with Gasteiger partial charge in [0.25, 0.3) is 5.91 Å². The molecule has 0 aliphatic heterocycles. The zero-order valence-corrected chi connectivity index (χ0v) is 14.3. The van der Waals surface area contributed by atoms with Crippen molar-refractivity contribution >= 4 is 5.91 Å². The third-order valence-corrected chi connectivity index (χ3v) is 3.76. The third-order valence-electron chi connectivity index (χ3n) is 3.76. The van der Waals surface area contributed by atoms with Crippen molar-refractivity contribution in [2.45, 2.75) is 27.1 Å². The lowest BCUT2D eigenvalue weighted by molar-refractivity contribution is 0.0776. The van der Waals surface area contributed by atoms with E-state index < -0.39 is 0 Å². The van der Waals surface area contributed by atoms with Crippen LogP contribution in [0.2, 0.25) is 0 Å². The topological polar surface area (TPSA) is 73.8 Å². The summed E-state index contributed by atoms with van der Waals surface area (Å²) in [6.07, 6.45) is 3.65. The first-order valence-corrected chi connectivity index (χ1v) is 7.71. The van der Waals surface area contributed by atoms with E-state index in [0.717, 1.165) is 17.1 Å². The van der Waals surface area contributed by atoms with E-state index in [9.17, 15) is 4.79 Å². The van der Waals surface area contributed by atoms with Gasteiger partial charge in [0.1, 0.15) is 12.4 Å². The van der Waals surface area contributed by atoms with Crippen LogP contribution in [0.5, 0.6) is 0 Å². The first kappa shape index (κ1) is 16.0. The number of nitrogens with zero attached hydrogens (tertiary/aromatic N) is 7. The number of hydrogen-bond acceptors (Lipinski definition) is 4. The first-order chi connectivity index (χ1) is 11.4. The van der Waals surface area contributed by atoms with E-state index in [1.807, 2.05) is 43.9 Å². The van der Waals surface area contributed by atoms with Gasteiger partial charge in [-0.25, -0.2) is 4.68 Å². The quantitative estimate of drug-likeness (QED) is 0.706. The van der Waals surface area contributed by atoms with Gasteiger partial charge in [0.2, 0.25) is 0 Å². The summed E-state index contributed by atoms with van der Waals surface area (Å²) in [5.41, 5.74) is 3.28. The smallest absolute Gasteiger partial charge is 0.274 e. The van der Waals surface area contributed by atoms with Gasteiger partial charge in [0.05, 0.1) is 17.9 Å². The lowest BCUT2D eigenvalue weighted by Gasteiger charge is -2.14. The molecule has 0 aromatic carbocycles. The minimum absolute atomic E-state index is 0.132. The molecule has 126 valence electrons. The van der Waals surface area contributed by atoms with Crippen LogP contribution in [0.1, 0.15) is 27.6 Å². The highest BCUT2D eigenvalue weighted by atomic mass is 16.2. The average molecular weight is 327 g/mol. The van der Waals surface area contributed by atoms with Crippen LogP contribution in [0.4, 0.5) is 0 Å². The maximum atomic E-state index is 12.5. The number of rotatable bonds is 5. The molecule has 0 aliphatic carbocycles. The summed E-state index contributed by atoms with van der Waals surface area (Å²) in [6.45, 7) is 4.88. The Morgan fingerprint density at radius 1 is 1.17 bits per heavy atom. The van der Waals surface area contributed by atoms with Gasteiger partial charge in [-0.1, -0.05) is 0 Å². The molecule has 3 aromatic rings. The van der Waals surface area contributed by atoms with Gasteiger partial charge >= 0.3 is 0 Å². The van der Waals surface area contributed by atoms with Crippen LogP contribution in [0.3, 0.4) is 0 Å². The van der Waals surface area contributed by atoms with E-state index in [2.05, 4.69) is 15.3 Å². The van der Waals surface area contributed by atoms with Gasteiger partial charge in [-0.3, -0.25) is 14.2 Å². The Labute approximate surface area is 140 Å². The highest BCUT2D eigenvalue weighted by molar-refractivity contribution is 5.91. The lowest BCUT2D eigenvalue weighted by Crippen LogP contribution is -2.27. The van der Waals surface area contributed by atoms with Gasteiger partial charge in [0.15, 0.2) is 0 Å². The zero-order chi connectivity index (χ0) is 17.3. The molecule has 0 unspecified atom stereocenters. The van der Waals surface area contributed by atoms with Crippen molar-refractivity contribution in [1.29, 1.82) is 0 Å². The highest BCUT2D eigenvalue weighted by Gasteiger charge is 2.16. The zero-order valence-electron chi connectivity index (χ0n) is 14.3. The van der Waals surface area contributed by atoms with E-state index in [4.69, 9.17) is 0 Å². The number of carbonyl (C=O) groups is 1. The molecule has 0 N–H and O–H groups in total. The van der Waals surface area contributed by atoms with Gasteiger partial charge in [-0.05, 0) is 32.0 Å². The third kappa shape index (κ3) is 3.37. The predicted octanol–water partition coefficient (Wildman–Crippen LogP) is 1.21. The second-order valence-electron chi connectivity index (χ2n) is 5.95. The minimum Gasteiger partial charge on any atom is -0.334 e. The second kappa shape index (κ2) is 6.31. The Hall–Kier alpha value is -2.90. The van der Waals surface area contributed by atoms with Crippen LogP contribution in [0.25, 0.3) is 0 Å². The predicted molar refractivity (Wildman–Crippen MR) is 88.3 cm³/mol. The standard InChI is InChI=1S/C16H21N7O/c1-12-9-13(2)23(17-12)11-22-8-6-15(19-22)16(24)20(3)10-14-5-7-21(4)18-14/h5-9H,10-11H2,1-4H3. The molecular formula is C16H21N7O. The SMILES string of the molecule is Cc1cc(C)n(Cn2ccc(C(=O)N(C)Cc3ccn(C)n3)n2)n1. The Bertz CT molecular complexity index is 858. The molecule has 0 atom stereocenters. The highest BCUT2D eigenvalue weighted by Crippen LogP contribution is 2.07. The fourth-order valence-electron chi connectivity index (χ4n) is 2.57. The molecule has 8 heteroatoms. The summed E-state index contributed by atoms with van der Waals surface area (Å²) in [4.78, 5) is 14.1. The van der Waals surface area contributed by atoms with E-state index in [1.54, 1.807) is 33.6 Å². The Balaban J connectivity index is 1.67. The molecular weight excluding hydrogens is 306 g/mol. The van der Waals surface area contributed by atoms with Crippen LogP contribution < -0.4 is 0 Å². The summed E-state index contributed by atoms with van der Waals surface area (Å²) >= 11 is 0. The fourth-order valence-corrected chi connectivity index (χ4v) is 2.57. The largest absolute Gasteiger partial charge is 0.334 e. The first-order valence-electron chi connectivity index (χ1n) is 7.71. The molecule has 3 heterocycles. The van der Waals surface area contributed by atoms with Crippen molar-refractivity contribution in [1.82, 2.24) is 34.2 Å². The summed E-state index contributed by atoms with van der Waals surface area (Å²) in [7, 11) is 3.60. The number of carbonyl (C=O) groups excluding carboxylic acids is 1. The molecule has 0 aliphatic rings. The number of aromatic nitrogens is 6. The fraction of sp³-hybridized carbons (Fsp3) is 0.375. The van der Waals surface area contributed by atoms with Crippen molar-refractivity contribution in [3.8, 4) is 0 Å². The van der Waals surface area contributed by atoms with E-state index >= 15 is 0 Å². The van der Waals surface area contributed by atoms with Gasteiger partial charge < -0.3 is 4.90 Å². The van der Waals surface area contributed by atoms with Crippen molar-refractivity contribution in [3.63, 3.8) is 0 Å².